The highest BCUT2D eigenvalue weighted by Gasteiger charge is 2.31. The summed E-state index contributed by atoms with van der Waals surface area (Å²) in [5.41, 5.74) is 0. The fraction of sp³-hybridized carbons (Fsp3) is 0.833. The number of aliphatic hydroxyl groups excluding tert-OH is 4. The van der Waals surface area contributed by atoms with Gasteiger partial charge in [0.15, 0.2) is 5.78 Å². The first kappa shape index (κ1) is 22.7. The summed E-state index contributed by atoms with van der Waals surface area (Å²) in [6, 6.07) is 0. The Hall–Kier alpha value is -0.460. The molecule has 18 heavy (non-hydrogen) atoms. The number of Topliss-reactive ketones (excluding diaryl/α,β-unsaturated/α-hetero) is 1. The highest BCUT2D eigenvalue weighted by atomic mass is 31.2. The molecule has 3 atom stereocenters. The summed E-state index contributed by atoms with van der Waals surface area (Å²) in [5, 5.41) is 35.6. The van der Waals surface area contributed by atoms with Gasteiger partial charge in [-0.2, -0.15) is 0 Å². The second kappa shape index (κ2) is 9.47. The first-order chi connectivity index (χ1) is 7.19. The molecule has 0 bridgehead atoms. The number of carbonyl (C=O) groups excluding carboxylic acids is 1. The summed E-state index contributed by atoms with van der Waals surface area (Å²) in [6.07, 6.45) is -5.94. The zero-order valence-corrected chi connectivity index (χ0v) is 9.90. The van der Waals surface area contributed by atoms with E-state index in [0.29, 0.717) is 0 Å². The Morgan fingerprint density at radius 3 is 1.94 bits per heavy atom. The molecule has 0 rings (SSSR count). The molecule has 0 aromatic heterocycles. The zero-order valence-electron chi connectivity index (χ0n) is 9.00. The monoisotopic (exact) mass is 296 g/mol. The van der Waals surface area contributed by atoms with Crippen molar-refractivity contribution in [1.82, 2.24) is 0 Å². The van der Waals surface area contributed by atoms with Gasteiger partial charge in [0.1, 0.15) is 24.9 Å². The van der Waals surface area contributed by atoms with Crippen LogP contribution in [0.25, 0.3) is 0 Å². The lowest BCUT2D eigenvalue weighted by Gasteiger charge is -2.21. The summed E-state index contributed by atoms with van der Waals surface area (Å²) >= 11 is 0. The summed E-state index contributed by atoms with van der Waals surface area (Å²) in [7, 11) is -4.81. The smallest absolute Gasteiger partial charge is 0.412 e. The molecule has 0 aromatic rings. The van der Waals surface area contributed by atoms with E-state index in [4.69, 9.17) is 30.2 Å². The van der Waals surface area contributed by atoms with E-state index in [1.807, 2.05) is 0 Å². The van der Waals surface area contributed by atoms with Gasteiger partial charge in [0.25, 0.3) is 0 Å². The molecule has 0 saturated carbocycles. The molecule has 0 radical (unpaired) electrons. The summed E-state index contributed by atoms with van der Waals surface area (Å²) in [4.78, 5) is 27.2. The molecule has 0 fully saturated rings. The van der Waals surface area contributed by atoms with Crippen molar-refractivity contribution in [1.29, 1.82) is 0 Å². The summed E-state index contributed by atoms with van der Waals surface area (Å²) in [6.45, 7) is -2.01. The van der Waals surface area contributed by atoms with E-state index in [-0.39, 0.29) is 11.0 Å². The van der Waals surface area contributed by atoms with Crippen LogP contribution in [0.5, 0.6) is 0 Å². The summed E-state index contributed by atoms with van der Waals surface area (Å²) in [5.74, 6) is -1.14. The first-order valence-corrected chi connectivity index (χ1v) is 5.60. The van der Waals surface area contributed by atoms with Gasteiger partial charge in [-0.3, -0.25) is 9.32 Å². The van der Waals surface area contributed by atoms with Crippen LogP contribution in [-0.4, -0.2) is 78.5 Å². The molecular weight excluding hydrogens is 279 g/mol. The fourth-order valence-electron chi connectivity index (χ4n) is 0.766. The van der Waals surface area contributed by atoms with E-state index in [1.54, 1.807) is 0 Å². The van der Waals surface area contributed by atoms with Gasteiger partial charge in [0.05, 0.1) is 6.61 Å². The third-order valence-electron chi connectivity index (χ3n) is 1.62. The van der Waals surface area contributed by atoms with Gasteiger partial charge in [0.2, 0.25) is 0 Å². The maximum absolute atomic E-state index is 10.7. The van der Waals surface area contributed by atoms with Crippen molar-refractivity contribution >= 4 is 13.6 Å². The van der Waals surface area contributed by atoms with Crippen molar-refractivity contribution < 1.29 is 55.0 Å². The van der Waals surface area contributed by atoms with Crippen molar-refractivity contribution in [2.75, 3.05) is 13.2 Å². The van der Waals surface area contributed by atoms with Crippen LogP contribution >= 0.6 is 7.82 Å². The van der Waals surface area contributed by atoms with E-state index in [2.05, 4.69) is 4.52 Å². The second-order valence-corrected chi connectivity index (χ2v) is 4.15. The Labute approximate surface area is 101 Å². The lowest BCUT2D eigenvalue weighted by molar-refractivity contribution is -0.142. The SMILES string of the molecule is O.O.O=C(CO)[C@@H](O)[C@H](O)[C@H](O)COP(=O)(O)O. The normalized spacial score (nSPS) is 15.9. The average Bonchev–Trinajstić information content (AvgIpc) is 2.21. The molecule has 0 heterocycles. The fourth-order valence-corrected chi connectivity index (χ4v) is 1.11. The Kier molecular flexibility index (Phi) is 11.9. The van der Waals surface area contributed by atoms with Crippen molar-refractivity contribution in [3.8, 4) is 0 Å². The van der Waals surface area contributed by atoms with Crippen molar-refractivity contribution in [2.45, 2.75) is 18.3 Å². The number of hydrogen-bond donors (Lipinski definition) is 6. The van der Waals surface area contributed by atoms with E-state index in [9.17, 15) is 9.36 Å². The van der Waals surface area contributed by atoms with E-state index in [1.165, 1.54) is 0 Å². The standard InChI is InChI=1S/C6H13O9P.2H2O/c7-1-3(8)5(10)6(11)4(9)2-15-16(12,13)14;;/h4-7,9-11H,1-2H2,(H2,12,13,14);2*1H2/t4-,5-,6-;;/m1../s1. The lowest BCUT2D eigenvalue weighted by atomic mass is 10.1. The number of phosphoric acid groups is 1. The molecule has 0 aliphatic heterocycles. The van der Waals surface area contributed by atoms with Crippen molar-refractivity contribution in [2.24, 2.45) is 0 Å². The molecule has 0 aliphatic rings. The topological polar surface area (TPSA) is 228 Å². The van der Waals surface area contributed by atoms with E-state index >= 15 is 0 Å². The van der Waals surface area contributed by atoms with Gasteiger partial charge in [0, 0.05) is 0 Å². The summed E-state index contributed by atoms with van der Waals surface area (Å²) < 4.78 is 14.1. The molecular formula is C6H17O11P. The maximum Gasteiger partial charge on any atom is 0.469 e. The predicted octanol–water partition coefficient (Wildman–Crippen LogP) is -4.91. The molecule has 0 aliphatic carbocycles. The van der Waals surface area contributed by atoms with Crippen LogP contribution in [0.2, 0.25) is 0 Å². The Morgan fingerprint density at radius 1 is 1.17 bits per heavy atom. The van der Waals surface area contributed by atoms with Crippen LogP contribution in [0, 0.1) is 0 Å². The Morgan fingerprint density at radius 2 is 1.61 bits per heavy atom. The quantitative estimate of drug-likeness (QED) is 0.247. The van der Waals surface area contributed by atoms with Crippen LogP contribution in [-0.2, 0) is 13.9 Å². The highest BCUT2D eigenvalue weighted by Crippen LogP contribution is 2.35. The average molecular weight is 296 g/mol. The van der Waals surface area contributed by atoms with Crippen molar-refractivity contribution in [3.63, 3.8) is 0 Å². The molecule has 0 spiro atoms. The number of hydrogen-bond acceptors (Lipinski definition) is 7. The van der Waals surface area contributed by atoms with Crippen LogP contribution in [0.1, 0.15) is 0 Å². The Bertz CT molecular complexity index is 275. The van der Waals surface area contributed by atoms with Gasteiger partial charge in [-0.05, 0) is 0 Å². The molecule has 112 valence electrons. The minimum Gasteiger partial charge on any atom is -0.412 e. The maximum atomic E-state index is 10.7. The molecule has 0 aromatic carbocycles. The van der Waals surface area contributed by atoms with E-state index < -0.39 is 45.1 Å². The highest BCUT2D eigenvalue weighted by molar-refractivity contribution is 7.46. The molecule has 0 amide bonds. The second-order valence-electron chi connectivity index (χ2n) is 2.91. The minimum absolute atomic E-state index is 0. The number of aliphatic hydroxyl groups is 4. The van der Waals surface area contributed by atoms with Crippen molar-refractivity contribution in [3.05, 3.63) is 0 Å². The molecule has 11 nitrogen and oxygen atoms in total. The lowest BCUT2D eigenvalue weighted by Crippen LogP contribution is -2.45. The third kappa shape index (κ3) is 8.60. The number of carbonyl (C=O) groups is 1. The van der Waals surface area contributed by atoms with Gasteiger partial charge >= 0.3 is 7.82 Å². The number of phosphoric ester groups is 1. The van der Waals surface area contributed by atoms with Gasteiger partial charge in [-0.25, -0.2) is 4.57 Å². The molecule has 0 saturated heterocycles. The minimum atomic E-state index is -4.81. The molecule has 12 heteroatoms. The first-order valence-electron chi connectivity index (χ1n) is 4.07. The van der Waals surface area contributed by atoms with Crippen LogP contribution in [0.3, 0.4) is 0 Å². The Balaban J connectivity index is -0.00000112. The zero-order chi connectivity index (χ0) is 12.9. The van der Waals surface area contributed by atoms with Crippen LogP contribution < -0.4 is 0 Å². The van der Waals surface area contributed by atoms with Crippen LogP contribution in [0.4, 0.5) is 0 Å². The molecule has 0 unspecified atom stereocenters. The van der Waals surface area contributed by atoms with Crippen LogP contribution in [0.15, 0.2) is 0 Å². The predicted molar refractivity (Wildman–Crippen MR) is 55.3 cm³/mol. The van der Waals surface area contributed by atoms with Gasteiger partial charge < -0.3 is 41.2 Å². The number of ketones is 1. The molecule has 10 N–H and O–H groups in total. The third-order valence-corrected chi connectivity index (χ3v) is 2.10. The number of rotatable bonds is 7. The largest absolute Gasteiger partial charge is 0.469 e. The van der Waals surface area contributed by atoms with Gasteiger partial charge in [-0.1, -0.05) is 0 Å². The van der Waals surface area contributed by atoms with E-state index in [0.717, 1.165) is 0 Å². The van der Waals surface area contributed by atoms with Gasteiger partial charge in [-0.15, -0.1) is 0 Å².